The summed E-state index contributed by atoms with van der Waals surface area (Å²) in [5, 5.41) is 14.9. The van der Waals surface area contributed by atoms with E-state index in [2.05, 4.69) is 35.3 Å². The first kappa shape index (κ1) is 24.4. The maximum Gasteiger partial charge on any atom is 0.326 e. The SMILES string of the molecule is Nc1nc2ncc(CNC3C=CC(C(=O)N[C@@H](CCC(=O)OC=O)C(=O)O)CC3)nc2c(=O)[nH]1. The summed E-state index contributed by atoms with van der Waals surface area (Å²) in [6.07, 6.45) is 5.50. The molecule has 3 atom stereocenters. The van der Waals surface area contributed by atoms with Crippen LogP contribution in [0.4, 0.5) is 5.95 Å². The van der Waals surface area contributed by atoms with Crippen LogP contribution in [0.2, 0.25) is 0 Å². The standard InChI is InChI=1S/C20H23N7O7/c21-20-26-16-15(18(31)27-20)24-12(8-23-16)7-22-11-3-1-10(2-4-11)17(30)25-13(19(32)33)5-6-14(29)34-9-28/h1,3,8-11,13,22H,2,4-7H2,(H,25,30)(H,32,33)(H3,21,23,26,27,31)/t10?,11?,13-/m0/s1. The quantitative estimate of drug-likeness (QED) is 0.118. The third kappa shape index (κ3) is 6.41. The number of nitrogens with two attached hydrogens (primary N) is 1. The van der Waals surface area contributed by atoms with Gasteiger partial charge < -0.3 is 26.2 Å². The van der Waals surface area contributed by atoms with Crippen molar-refractivity contribution in [3.8, 4) is 0 Å². The number of hydrogen-bond donors (Lipinski definition) is 5. The maximum absolute atomic E-state index is 12.5. The Balaban J connectivity index is 1.52. The van der Waals surface area contributed by atoms with Crippen molar-refractivity contribution >= 4 is 41.4 Å². The Hall–Kier alpha value is -4.20. The number of ether oxygens (including phenoxy) is 1. The van der Waals surface area contributed by atoms with Gasteiger partial charge >= 0.3 is 18.4 Å². The Bertz CT molecular complexity index is 1180. The lowest BCUT2D eigenvalue weighted by Gasteiger charge is -2.24. The molecule has 2 aromatic heterocycles. The van der Waals surface area contributed by atoms with Crippen molar-refractivity contribution in [2.24, 2.45) is 5.92 Å². The Morgan fingerprint density at radius 1 is 1.29 bits per heavy atom. The molecule has 2 unspecified atom stereocenters. The largest absolute Gasteiger partial charge is 0.480 e. The summed E-state index contributed by atoms with van der Waals surface area (Å²) in [6.45, 7) is 0.282. The minimum atomic E-state index is -1.29. The van der Waals surface area contributed by atoms with E-state index in [1.165, 1.54) is 6.20 Å². The van der Waals surface area contributed by atoms with E-state index >= 15 is 0 Å². The molecule has 2 heterocycles. The summed E-state index contributed by atoms with van der Waals surface area (Å²) < 4.78 is 4.11. The summed E-state index contributed by atoms with van der Waals surface area (Å²) in [5.41, 5.74) is 5.76. The van der Waals surface area contributed by atoms with Crippen molar-refractivity contribution in [2.45, 2.75) is 44.3 Å². The zero-order valence-corrected chi connectivity index (χ0v) is 17.9. The Labute approximate surface area is 192 Å². The van der Waals surface area contributed by atoms with Crippen LogP contribution in [0.3, 0.4) is 0 Å². The van der Waals surface area contributed by atoms with Crippen molar-refractivity contribution in [3.63, 3.8) is 0 Å². The Morgan fingerprint density at radius 2 is 2.09 bits per heavy atom. The second-order valence-electron chi connectivity index (χ2n) is 7.57. The fourth-order valence-electron chi connectivity index (χ4n) is 3.41. The number of amides is 1. The molecule has 14 nitrogen and oxygen atoms in total. The van der Waals surface area contributed by atoms with Crippen LogP contribution in [0.25, 0.3) is 11.2 Å². The number of carboxylic acid groups (broad SMARTS) is 1. The molecule has 2 aromatic rings. The molecule has 34 heavy (non-hydrogen) atoms. The third-order valence-electron chi connectivity index (χ3n) is 5.16. The van der Waals surface area contributed by atoms with Crippen LogP contribution in [0.1, 0.15) is 31.4 Å². The summed E-state index contributed by atoms with van der Waals surface area (Å²) in [6, 6.07) is -1.35. The topological polar surface area (TPSA) is 219 Å². The number of fused-ring (bicyclic) bond motifs is 1. The van der Waals surface area contributed by atoms with Gasteiger partial charge in [0.15, 0.2) is 11.2 Å². The van der Waals surface area contributed by atoms with E-state index in [9.17, 15) is 29.1 Å². The molecule has 180 valence electrons. The molecule has 0 radical (unpaired) electrons. The fraction of sp³-hybridized carbons (Fsp3) is 0.400. The molecule has 1 amide bonds. The van der Waals surface area contributed by atoms with Crippen molar-refractivity contribution in [2.75, 3.05) is 5.73 Å². The number of carbonyl (C=O) groups is 4. The van der Waals surface area contributed by atoms with Gasteiger partial charge in [0.25, 0.3) is 5.56 Å². The smallest absolute Gasteiger partial charge is 0.326 e. The number of aliphatic carboxylic acids is 1. The highest BCUT2D eigenvalue weighted by Crippen LogP contribution is 2.19. The van der Waals surface area contributed by atoms with Crippen LogP contribution in [0.5, 0.6) is 0 Å². The molecule has 1 aliphatic carbocycles. The van der Waals surface area contributed by atoms with Crippen LogP contribution in [0.15, 0.2) is 23.1 Å². The molecule has 0 fully saturated rings. The van der Waals surface area contributed by atoms with E-state index in [0.717, 1.165) is 0 Å². The fourth-order valence-corrected chi connectivity index (χ4v) is 3.41. The molecular formula is C20H23N7O7. The van der Waals surface area contributed by atoms with Crippen LogP contribution in [0, 0.1) is 5.92 Å². The molecule has 0 saturated carbocycles. The monoisotopic (exact) mass is 473 g/mol. The Kier molecular flexibility index (Phi) is 7.97. The van der Waals surface area contributed by atoms with Gasteiger partial charge in [-0.15, -0.1) is 0 Å². The van der Waals surface area contributed by atoms with Gasteiger partial charge in [0, 0.05) is 19.0 Å². The van der Waals surface area contributed by atoms with Crippen molar-refractivity contribution in [1.82, 2.24) is 30.6 Å². The lowest BCUT2D eigenvalue weighted by Crippen LogP contribution is -2.44. The highest BCUT2D eigenvalue weighted by atomic mass is 16.6. The number of carbonyl (C=O) groups excluding carboxylic acids is 3. The van der Waals surface area contributed by atoms with Crippen LogP contribution >= 0.6 is 0 Å². The summed E-state index contributed by atoms with van der Waals surface area (Å²) in [5.74, 6) is -3.21. The van der Waals surface area contributed by atoms with E-state index < -0.39 is 35.4 Å². The number of H-pyrrole nitrogens is 1. The highest BCUT2D eigenvalue weighted by Gasteiger charge is 2.27. The van der Waals surface area contributed by atoms with Gasteiger partial charge in [0.2, 0.25) is 11.9 Å². The lowest BCUT2D eigenvalue weighted by molar-refractivity contribution is -0.151. The number of hydrogen-bond acceptors (Lipinski definition) is 11. The molecule has 0 aromatic carbocycles. The van der Waals surface area contributed by atoms with Gasteiger partial charge in [-0.1, -0.05) is 12.2 Å². The highest BCUT2D eigenvalue weighted by molar-refractivity contribution is 5.86. The number of anilines is 1. The van der Waals surface area contributed by atoms with Gasteiger partial charge in [-0.25, -0.2) is 14.8 Å². The van der Waals surface area contributed by atoms with E-state index in [0.29, 0.717) is 25.1 Å². The molecule has 6 N–H and O–H groups in total. The number of aromatic nitrogens is 4. The first-order valence-corrected chi connectivity index (χ1v) is 10.4. The molecule has 0 aliphatic heterocycles. The number of esters is 1. The zero-order valence-electron chi connectivity index (χ0n) is 17.9. The van der Waals surface area contributed by atoms with Crippen LogP contribution in [-0.2, 0) is 30.5 Å². The number of carboxylic acids is 1. The van der Waals surface area contributed by atoms with Crippen LogP contribution in [-0.4, -0.2) is 61.4 Å². The van der Waals surface area contributed by atoms with Crippen molar-refractivity contribution < 1.29 is 29.0 Å². The third-order valence-corrected chi connectivity index (χ3v) is 5.16. The maximum atomic E-state index is 12.5. The average Bonchev–Trinajstić information content (AvgIpc) is 2.80. The van der Waals surface area contributed by atoms with E-state index in [-0.39, 0.29) is 42.5 Å². The second kappa shape index (κ2) is 11.1. The normalized spacial score (nSPS) is 18.2. The minimum absolute atomic E-state index is 0.0340. The molecule has 0 spiro atoms. The van der Waals surface area contributed by atoms with Gasteiger partial charge in [0.1, 0.15) is 6.04 Å². The number of nitrogens with zero attached hydrogens (tertiary/aromatic N) is 3. The summed E-state index contributed by atoms with van der Waals surface area (Å²) in [7, 11) is 0. The van der Waals surface area contributed by atoms with Gasteiger partial charge in [-0.05, 0) is 19.3 Å². The van der Waals surface area contributed by atoms with E-state index in [1.54, 1.807) is 12.2 Å². The van der Waals surface area contributed by atoms with Gasteiger partial charge in [-0.3, -0.25) is 24.2 Å². The summed E-state index contributed by atoms with van der Waals surface area (Å²) in [4.78, 5) is 71.8. The number of rotatable bonds is 10. The molecule has 3 rings (SSSR count). The summed E-state index contributed by atoms with van der Waals surface area (Å²) >= 11 is 0. The minimum Gasteiger partial charge on any atom is -0.480 e. The predicted octanol–water partition coefficient (Wildman–Crippen LogP) is -1.23. The van der Waals surface area contributed by atoms with Gasteiger partial charge in [-0.2, -0.15) is 4.98 Å². The lowest BCUT2D eigenvalue weighted by atomic mass is 9.91. The predicted molar refractivity (Wildman–Crippen MR) is 116 cm³/mol. The molecule has 0 bridgehead atoms. The Morgan fingerprint density at radius 3 is 2.76 bits per heavy atom. The number of nitrogens with one attached hydrogen (secondary N) is 3. The molecule has 14 heteroatoms. The first-order valence-electron chi connectivity index (χ1n) is 10.4. The first-order chi connectivity index (χ1) is 16.3. The van der Waals surface area contributed by atoms with E-state index in [4.69, 9.17) is 5.73 Å². The zero-order chi connectivity index (χ0) is 24.7. The number of nitrogen functional groups attached to an aromatic ring is 1. The molecule has 1 aliphatic rings. The second-order valence-corrected chi connectivity index (χ2v) is 7.57. The van der Waals surface area contributed by atoms with Crippen LogP contribution < -0.4 is 21.9 Å². The molecular weight excluding hydrogens is 450 g/mol. The van der Waals surface area contributed by atoms with E-state index in [1.807, 2.05) is 0 Å². The van der Waals surface area contributed by atoms with Crippen molar-refractivity contribution in [1.29, 1.82) is 0 Å². The van der Waals surface area contributed by atoms with Gasteiger partial charge in [0.05, 0.1) is 17.8 Å². The number of aromatic amines is 1. The molecule has 0 saturated heterocycles. The average molecular weight is 473 g/mol. The van der Waals surface area contributed by atoms with Crippen molar-refractivity contribution in [3.05, 3.63) is 34.4 Å².